The summed E-state index contributed by atoms with van der Waals surface area (Å²) in [6.07, 6.45) is 6.19. The van der Waals surface area contributed by atoms with Gasteiger partial charge in [-0.15, -0.1) is 0 Å². The van der Waals surface area contributed by atoms with Gasteiger partial charge in [0, 0.05) is 18.8 Å². The third-order valence-electron chi connectivity index (χ3n) is 5.42. The van der Waals surface area contributed by atoms with Crippen molar-refractivity contribution in [2.24, 2.45) is 0 Å². The molecule has 0 radical (unpaired) electrons. The maximum absolute atomic E-state index is 12.0. The number of hydrogen-bond acceptors (Lipinski definition) is 8. The number of ether oxygens (including phenoxy) is 2. The number of benzene rings is 2. The lowest BCUT2D eigenvalue weighted by molar-refractivity contribution is 0.325. The van der Waals surface area contributed by atoms with E-state index in [0.717, 1.165) is 73.9 Å². The molecule has 9 heteroatoms. The molecule has 2 aromatic rings. The van der Waals surface area contributed by atoms with Crippen molar-refractivity contribution in [1.29, 1.82) is 0 Å². The second kappa shape index (κ2) is 17.6. The van der Waals surface area contributed by atoms with Gasteiger partial charge in [0.2, 0.25) is 0 Å². The molecule has 0 spiro atoms. The molecular weight excluding hydrogens is 484 g/mol. The van der Waals surface area contributed by atoms with Crippen molar-refractivity contribution in [3.05, 3.63) is 59.7 Å². The van der Waals surface area contributed by atoms with E-state index in [-0.39, 0.29) is 6.61 Å². The van der Waals surface area contributed by atoms with Crippen LogP contribution in [0, 0.1) is 0 Å². The Morgan fingerprint density at radius 3 is 1.83 bits per heavy atom. The fraction of sp³-hybridized carbons (Fsp3) is 0.538. The van der Waals surface area contributed by atoms with Gasteiger partial charge < -0.3 is 20.1 Å². The second-order valence-electron chi connectivity index (χ2n) is 8.17. The normalized spacial score (nSPS) is 11.5. The van der Waals surface area contributed by atoms with E-state index in [1.807, 2.05) is 24.3 Å². The molecule has 0 saturated heterocycles. The number of unbranched alkanes of at least 4 members (excludes halogenated alkanes) is 2. The summed E-state index contributed by atoms with van der Waals surface area (Å²) in [7, 11) is 0.655. The fourth-order valence-electron chi connectivity index (χ4n) is 3.53. The molecule has 2 rings (SSSR count). The van der Waals surface area contributed by atoms with Gasteiger partial charge >= 0.3 is 9.15 Å². The number of nitrogens with one attached hydrogen (secondary N) is 2. The van der Waals surface area contributed by atoms with Gasteiger partial charge in [-0.05, 0) is 97.8 Å². The van der Waals surface area contributed by atoms with Crippen LogP contribution in [-0.4, -0.2) is 61.2 Å². The molecule has 35 heavy (non-hydrogen) atoms. The van der Waals surface area contributed by atoms with Gasteiger partial charge in [0.05, 0.1) is 20.8 Å². The maximum atomic E-state index is 12.0. The van der Waals surface area contributed by atoms with Crippen LogP contribution in [-0.2, 0) is 26.2 Å². The zero-order valence-corrected chi connectivity index (χ0v) is 22.6. The van der Waals surface area contributed by atoms with Crippen molar-refractivity contribution in [3.63, 3.8) is 0 Å². The average molecular weight is 525 g/mol. The Bertz CT molecular complexity index is 871. The zero-order valence-electron chi connectivity index (χ0n) is 21.0. The van der Waals surface area contributed by atoms with E-state index in [9.17, 15) is 8.42 Å². The van der Waals surface area contributed by atoms with Gasteiger partial charge in [-0.1, -0.05) is 24.3 Å². The highest BCUT2D eigenvalue weighted by molar-refractivity contribution is 8.70. The van der Waals surface area contributed by atoms with Crippen molar-refractivity contribution >= 4 is 19.9 Å². The van der Waals surface area contributed by atoms with E-state index >= 15 is 0 Å². The largest absolute Gasteiger partial charge is 0.497 e. The molecule has 0 aliphatic rings. The van der Waals surface area contributed by atoms with Gasteiger partial charge in [0.15, 0.2) is 0 Å². The lowest BCUT2D eigenvalue weighted by Crippen LogP contribution is -2.23. The number of rotatable bonds is 20. The summed E-state index contributed by atoms with van der Waals surface area (Å²) in [6, 6.07) is 16.2. The van der Waals surface area contributed by atoms with Crippen LogP contribution in [0.5, 0.6) is 11.5 Å². The summed E-state index contributed by atoms with van der Waals surface area (Å²) in [5, 5.41) is 6.53. The Balaban J connectivity index is 1.40. The van der Waals surface area contributed by atoms with Crippen molar-refractivity contribution < 1.29 is 22.1 Å². The molecule has 0 saturated carbocycles. The molecular formula is C26H40N2O5S2. The second-order valence-corrected chi connectivity index (χ2v) is 11.8. The Kier molecular flexibility index (Phi) is 14.8. The zero-order chi connectivity index (χ0) is 25.2. The Morgan fingerprint density at radius 1 is 0.743 bits per heavy atom. The third-order valence-corrected chi connectivity index (χ3v) is 8.19. The van der Waals surface area contributed by atoms with E-state index < -0.39 is 9.15 Å². The first-order chi connectivity index (χ1) is 17.0. The molecule has 0 aromatic heterocycles. The molecule has 0 atom stereocenters. The van der Waals surface area contributed by atoms with Gasteiger partial charge in [0.25, 0.3) is 0 Å². The van der Waals surface area contributed by atoms with Crippen molar-refractivity contribution in [1.82, 2.24) is 10.6 Å². The first-order valence-corrected chi connectivity index (χ1v) is 15.1. The molecule has 2 N–H and O–H groups in total. The van der Waals surface area contributed by atoms with Crippen LogP contribution in [0.15, 0.2) is 48.5 Å². The van der Waals surface area contributed by atoms with Crippen LogP contribution in [0.1, 0.15) is 36.8 Å². The highest BCUT2D eigenvalue weighted by atomic mass is 33.1. The minimum absolute atomic E-state index is 0.156. The van der Waals surface area contributed by atoms with Crippen LogP contribution in [0.2, 0.25) is 0 Å². The molecule has 0 bridgehead atoms. The Morgan fingerprint density at radius 2 is 1.29 bits per heavy atom. The molecule has 0 unspecified atom stereocenters. The molecule has 7 nitrogen and oxygen atoms in total. The van der Waals surface area contributed by atoms with E-state index in [2.05, 4.69) is 34.9 Å². The topological polar surface area (TPSA) is 85.9 Å². The van der Waals surface area contributed by atoms with Crippen molar-refractivity contribution in [2.75, 3.05) is 52.8 Å². The predicted octanol–water partition coefficient (Wildman–Crippen LogP) is 4.22. The van der Waals surface area contributed by atoms with E-state index in [0.29, 0.717) is 18.8 Å². The van der Waals surface area contributed by atoms with Crippen molar-refractivity contribution in [2.45, 2.75) is 38.5 Å². The van der Waals surface area contributed by atoms with Gasteiger partial charge in [-0.2, -0.15) is 8.42 Å². The monoisotopic (exact) mass is 524 g/mol. The number of methoxy groups -OCH3 is 2. The summed E-state index contributed by atoms with van der Waals surface area (Å²) in [5.74, 6) is 2.24. The van der Waals surface area contributed by atoms with Crippen LogP contribution in [0.25, 0.3) is 0 Å². The SMILES string of the molecule is COc1cccc(CCCCNCCOS(=O)(=O)SCCNCCCCc2cccc(OC)c2)c1. The van der Waals surface area contributed by atoms with Crippen molar-refractivity contribution in [3.8, 4) is 11.5 Å². The summed E-state index contributed by atoms with van der Waals surface area (Å²) in [6.45, 7) is 3.01. The smallest absolute Gasteiger partial charge is 0.322 e. The Hall–Kier alpha value is -1.78. The maximum Gasteiger partial charge on any atom is 0.322 e. The molecule has 0 amide bonds. The average Bonchev–Trinajstić information content (AvgIpc) is 2.87. The predicted molar refractivity (Wildman–Crippen MR) is 145 cm³/mol. The lowest BCUT2D eigenvalue weighted by atomic mass is 10.1. The first-order valence-electron chi connectivity index (χ1n) is 12.2. The van der Waals surface area contributed by atoms with Crippen LogP contribution < -0.4 is 20.1 Å². The number of hydrogen-bond donors (Lipinski definition) is 2. The fourth-order valence-corrected chi connectivity index (χ4v) is 5.59. The van der Waals surface area contributed by atoms with Gasteiger partial charge in [-0.25, -0.2) is 0 Å². The first kappa shape index (κ1) is 29.5. The lowest BCUT2D eigenvalue weighted by Gasteiger charge is -2.08. The van der Waals surface area contributed by atoms with E-state index in [1.54, 1.807) is 14.2 Å². The van der Waals surface area contributed by atoms with Gasteiger partial charge in [-0.3, -0.25) is 4.18 Å². The standard InChI is InChI=1S/C26H40N2O5S2/c1-31-25-13-7-11-23(21-25)9-3-5-15-27-17-19-33-35(29,30)34-20-18-28-16-6-4-10-24-12-8-14-26(22-24)32-2/h7-8,11-14,21-22,27-28H,3-6,9-10,15-20H2,1-2H3. The molecule has 0 heterocycles. The number of aryl methyl sites for hydroxylation is 2. The van der Waals surface area contributed by atoms with Gasteiger partial charge in [0.1, 0.15) is 11.5 Å². The van der Waals surface area contributed by atoms with Crippen LogP contribution >= 0.6 is 10.8 Å². The highest BCUT2D eigenvalue weighted by Gasteiger charge is 2.11. The van der Waals surface area contributed by atoms with E-state index in [1.165, 1.54) is 11.1 Å². The molecule has 0 aliphatic heterocycles. The molecule has 2 aromatic carbocycles. The summed E-state index contributed by atoms with van der Waals surface area (Å²) < 4.78 is 39.5. The highest BCUT2D eigenvalue weighted by Crippen LogP contribution is 2.16. The van der Waals surface area contributed by atoms with Crippen LogP contribution in [0.4, 0.5) is 0 Å². The quantitative estimate of drug-likeness (QED) is 0.197. The summed E-state index contributed by atoms with van der Waals surface area (Å²) in [5.41, 5.74) is 2.53. The summed E-state index contributed by atoms with van der Waals surface area (Å²) >= 11 is 0. The summed E-state index contributed by atoms with van der Waals surface area (Å²) in [4.78, 5) is 0. The Labute approximate surface area is 214 Å². The van der Waals surface area contributed by atoms with Crippen LogP contribution in [0.3, 0.4) is 0 Å². The third kappa shape index (κ3) is 13.8. The molecule has 0 fully saturated rings. The van der Waals surface area contributed by atoms with E-state index in [4.69, 9.17) is 13.7 Å². The molecule has 196 valence electrons. The minimum Gasteiger partial charge on any atom is -0.497 e. The molecule has 0 aliphatic carbocycles. The minimum atomic E-state index is -3.55.